The van der Waals surface area contributed by atoms with E-state index in [9.17, 15) is 9.90 Å². The fourth-order valence-electron chi connectivity index (χ4n) is 2.99. The highest BCUT2D eigenvalue weighted by Gasteiger charge is 2.62. The van der Waals surface area contributed by atoms with Gasteiger partial charge in [-0.1, -0.05) is 52.0 Å². The van der Waals surface area contributed by atoms with E-state index in [-0.39, 0.29) is 29.7 Å². The van der Waals surface area contributed by atoms with Gasteiger partial charge in [0.2, 0.25) is 0 Å². The molecule has 106 valence electrons. The second-order valence-electron chi connectivity index (χ2n) is 6.09. The molecule has 1 fully saturated rings. The van der Waals surface area contributed by atoms with Crippen molar-refractivity contribution in [3.8, 4) is 0 Å². The molecular formula is C16H23ClO2. The molecule has 0 heterocycles. The van der Waals surface area contributed by atoms with Gasteiger partial charge in [0, 0.05) is 5.92 Å². The fraction of sp³-hybridized carbons (Fsp3) is 0.562. The number of hydrogen-bond acceptors (Lipinski definition) is 1. The number of hydrogen-bond donors (Lipinski definition) is 1. The van der Waals surface area contributed by atoms with Gasteiger partial charge < -0.3 is 5.11 Å². The number of halogens is 1. The van der Waals surface area contributed by atoms with Crippen LogP contribution < -0.4 is 0 Å². The van der Waals surface area contributed by atoms with E-state index in [1.54, 1.807) is 0 Å². The van der Waals surface area contributed by atoms with Crippen molar-refractivity contribution in [2.45, 2.75) is 46.0 Å². The molecule has 1 unspecified atom stereocenters. The van der Waals surface area contributed by atoms with Crippen molar-refractivity contribution in [1.29, 1.82) is 0 Å². The summed E-state index contributed by atoms with van der Waals surface area (Å²) in [6.07, 6.45) is 1.13. The number of carboxylic acid groups (broad SMARTS) is 1. The van der Waals surface area contributed by atoms with Crippen molar-refractivity contribution >= 4 is 18.4 Å². The monoisotopic (exact) mass is 282 g/mol. The van der Waals surface area contributed by atoms with E-state index >= 15 is 0 Å². The summed E-state index contributed by atoms with van der Waals surface area (Å²) >= 11 is 0. The Morgan fingerprint density at radius 2 is 1.84 bits per heavy atom. The molecule has 0 aromatic heterocycles. The molecule has 1 aromatic carbocycles. The Balaban J connectivity index is 0.00000180. The third-order valence-corrected chi connectivity index (χ3v) is 4.57. The average molecular weight is 283 g/mol. The summed E-state index contributed by atoms with van der Waals surface area (Å²) in [5.74, 6) is -0.162. The summed E-state index contributed by atoms with van der Waals surface area (Å²) in [5.41, 5.74) is 2.40. The van der Waals surface area contributed by atoms with Gasteiger partial charge in [-0.15, -0.1) is 12.4 Å². The highest BCUT2D eigenvalue weighted by Crippen LogP contribution is 2.64. The van der Waals surface area contributed by atoms with Crippen molar-refractivity contribution in [1.82, 2.24) is 0 Å². The molecule has 3 atom stereocenters. The van der Waals surface area contributed by atoms with Crippen LogP contribution in [0.3, 0.4) is 0 Å². The van der Waals surface area contributed by atoms with Crippen molar-refractivity contribution in [3.05, 3.63) is 35.4 Å². The third-order valence-electron chi connectivity index (χ3n) is 4.57. The van der Waals surface area contributed by atoms with E-state index in [0.29, 0.717) is 5.92 Å². The number of carbonyl (C=O) groups is 1. The van der Waals surface area contributed by atoms with Crippen LogP contribution in [0.5, 0.6) is 0 Å². The lowest BCUT2D eigenvalue weighted by Crippen LogP contribution is -2.03. The molecule has 0 radical (unpaired) electrons. The van der Waals surface area contributed by atoms with Crippen LogP contribution in [-0.4, -0.2) is 11.1 Å². The van der Waals surface area contributed by atoms with Gasteiger partial charge in [0.15, 0.2) is 0 Å². The van der Waals surface area contributed by atoms with Gasteiger partial charge in [-0.25, -0.2) is 0 Å². The Hall–Kier alpha value is -1.02. The zero-order valence-corrected chi connectivity index (χ0v) is 12.8. The minimum Gasteiger partial charge on any atom is -0.481 e. The maximum atomic E-state index is 11.2. The maximum Gasteiger partial charge on any atom is 0.307 e. The Morgan fingerprint density at radius 1 is 1.32 bits per heavy atom. The van der Waals surface area contributed by atoms with Crippen LogP contribution >= 0.6 is 12.4 Å². The lowest BCUT2D eigenvalue weighted by Gasteiger charge is -2.10. The summed E-state index contributed by atoms with van der Waals surface area (Å²) in [5, 5.41) is 9.20. The summed E-state index contributed by atoms with van der Waals surface area (Å²) in [7, 11) is 0. The number of carboxylic acids is 1. The predicted octanol–water partition coefficient (Wildman–Crippen LogP) is 4.45. The normalized spacial score (nSPS) is 25.3. The number of aliphatic carboxylic acids is 1. The first-order valence-electron chi connectivity index (χ1n) is 6.72. The SMILES string of the molecule is CCC(C)c1ccc([C@H]2[C@H](C(=O)O)C2(C)C)cc1.Cl. The summed E-state index contributed by atoms with van der Waals surface area (Å²) in [6.45, 7) is 8.48. The first kappa shape index (κ1) is 16.0. The van der Waals surface area contributed by atoms with Gasteiger partial charge in [-0.3, -0.25) is 4.79 Å². The highest BCUT2D eigenvalue weighted by molar-refractivity contribution is 5.85. The minimum absolute atomic E-state index is 0. The van der Waals surface area contributed by atoms with Crippen LogP contribution in [0, 0.1) is 11.3 Å². The lowest BCUT2D eigenvalue weighted by molar-refractivity contribution is -0.139. The van der Waals surface area contributed by atoms with Crippen molar-refractivity contribution in [3.63, 3.8) is 0 Å². The molecule has 0 amide bonds. The summed E-state index contributed by atoms with van der Waals surface area (Å²) < 4.78 is 0. The Bertz CT molecular complexity index is 450. The van der Waals surface area contributed by atoms with Crippen molar-refractivity contribution < 1.29 is 9.90 Å². The second-order valence-corrected chi connectivity index (χ2v) is 6.09. The Kier molecular flexibility index (Phi) is 4.67. The molecule has 2 rings (SSSR count). The van der Waals surface area contributed by atoms with Crippen LogP contribution in [0.1, 0.15) is 57.1 Å². The molecular weight excluding hydrogens is 260 g/mol. The van der Waals surface area contributed by atoms with Gasteiger partial charge >= 0.3 is 5.97 Å². The molecule has 1 N–H and O–H groups in total. The molecule has 2 nitrogen and oxygen atoms in total. The predicted molar refractivity (Wildman–Crippen MR) is 80.0 cm³/mol. The Labute approximate surface area is 121 Å². The molecule has 0 aliphatic heterocycles. The Morgan fingerprint density at radius 3 is 2.21 bits per heavy atom. The van der Waals surface area contributed by atoms with E-state index < -0.39 is 5.97 Å². The third kappa shape index (κ3) is 2.79. The molecule has 1 aliphatic carbocycles. The molecule has 0 saturated heterocycles. The van der Waals surface area contributed by atoms with Crippen LogP contribution in [-0.2, 0) is 4.79 Å². The van der Waals surface area contributed by atoms with E-state index in [4.69, 9.17) is 0 Å². The zero-order chi connectivity index (χ0) is 13.5. The van der Waals surface area contributed by atoms with Crippen molar-refractivity contribution in [2.24, 2.45) is 11.3 Å². The van der Waals surface area contributed by atoms with E-state index in [1.807, 2.05) is 13.8 Å². The smallest absolute Gasteiger partial charge is 0.307 e. The quantitative estimate of drug-likeness (QED) is 0.886. The molecule has 1 aromatic rings. The van der Waals surface area contributed by atoms with Crippen LogP contribution in [0.4, 0.5) is 0 Å². The van der Waals surface area contributed by atoms with Gasteiger partial charge in [-0.2, -0.15) is 0 Å². The topological polar surface area (TPSA) is 37.3 Å². The van der Waals surface area contributed by atoms with Crippen LogP contribution in [0.2, 0.25) is 0 Å². The van der Waals surface area contributed by atoms with Crippen LogP contribution in [0.25, 0.3) is 0 Å². The maximum absolute atomic E-state index is 11.2. The van der Waals surface area contributed by atoms with Gasteiger partial charge in [0.1, 0.15) is 0 Å². The van der Waals surface area contributed by atoms with Gasteiger partial charge in [0.25, 0.3) is 0 Å². The molecule has 3 heteroatoms. The van der Waals surface area contributed by atoms with Crippen molar-refractivity contribution in [2.75, 3.05) is 0 Å². The first-order valence-corrected chi connectivity index (χ1v) is 6.72. The number of rotatable bonds is 4. The minimum atomic E-state index is -0.670. The van der Waals surface area contributed by atoms with E-state index in [2.05, 4.69) is 38.1 Å². The average Bonchev–Trinajstić information content (AvgIpc) is 2.92. The highest BCUT2D eigenvalue weighted by atomic mass is 35.5. The molecule has 1 aliphatic rings. The van der Waals surface area contributed by atoms with E-state index in [1.165, 1.54) is 11.1 Å². The van der Waals surface area contributed by atoms with Crippen LogP contribution in [0.15, 0.2) is 24.3 Å². The van der Waals surface area contributed by atoms with E-state index in [0.717, 1.165) is 6.42 Å². The molecule has 0 bridgehead atoms. The van der Waals surface area contributed by atoms with Gasteiger partial charge in [-0.05, 0) is 28.9 Å². The fourth-order valence-corrected chi connectivity index (χ4v) is 2.99. The largest absolute Gasteiger partial charge is 0.481 e. The second kappa shape index (κ2) is 5.54. The van der Waals surface area contributed by atoms with Gasteiger partial charge in [0.05, 0.1) is 5.92 Å². The first-order chi connectivity index (χ1) is 8.39. The molecule has 1 saturated carbocycles. The lowest BCUT2D eigenvalue weighted by atomic mass is 9.95. The molecule has 19 heavy (non-hydrogen) atoms. The summed E-state index contributed by atoms with van der Waals surface area (Å²) in [4.78, 5) is 11.2. The number of benzene rings is 1. The molecule has 0 spiro atoms. The summed E-state index contributed by atoms with van der Waals surface area (Å²) in [6, 6.07) is 8.52. The standard InChI is InChI=1S/C16H22O2.ClH/c1-5-10(2)11-6-8-12(9-7-11)13-14(15(17)18)16(13,3)4;/h6-10,13-14H,5H2,1-4H3,(H,17,18);1H/t10?,13-,14+;/m0./s1. The zero-order valence-electron chi connectivity index (χ0n) is 12.0.